The number of hydrogen-bond donors (Lipinski definition) is 2. The number of rotatable bonds is 5. The van der Waals surface area contributed by atoms with Gasteiger partial charge in [0.2, 0.25) is 11.8 Å². The van der Waals surface area contributed by atoms with Crippen LogP contribution < -0.4 is 10.1 Å². The Hall–Kier alpha value is -2.48. The Morgan fingerprint density at radius 1 is 1.40 bits per heavy atom. The Balaban J connectivity index is 1.62. The monoisotopic (exact) mass is 362 g/mol. The zero-order valence-corrected chi connectivity index (χ0v) is 14.4. The van der Waals surface area contributed by atoms with E-state index < -0.39 is 18.1 Å². The minimum Gasteiger partial charge on any atom is -0.497 e. The molecule has 0 saturated carbocycles. The first kappa shape index (κ1) is 17.3. The lowest BCUT2D eigenvalue weighted by molar-refractivity contribution is -0.160. The second kappa shape index (κ2) is 6.79. The number of thioether (sulfide) groups is 1. The van der Waals surface area contributed by atoms with E-state index in [0.717, 1.165) is 5.56 Å². The molecular weight excluding hydrogens is 344 g/mol. The number of amides is 2. The fourth-order valence-corrected chi connectivity index (χ4v) is 4.29. The van der Waals surface area contributed by atoms with Gasteiger partial charge in [-0.05, 0) is 23.3 Å². The van der Waals surface area contributed by atoms with Crippen LogP contribution in [0.3, 0.4) is 0 Å². The standard InChI is InChI=1S/C17H18N2O5S/c1-9-8-25-16-13(15(21)19(16)14(9)17(22)23)18-12(20)7-10-3-5-11(24-2)6-4-10/h3-6,13-14,16H,1,7-8H2,2H3,(H,18,20)(H,22,23)/t13?,14?,16-/m1/s1. The third-order valence-electron chi connectivity index (χ3n) is 4.26. The highest BCUT2D eigenvalue weighted by Crippen LogP contribution is 2.39. The molecule has 25 heavy (non-hydrogen) atoms. The number of carbonyl (C=O) groups excluding carboxylic acids is 2. The van der Waals surface area contributed by atoms with Crippen molar-refractivity contribution in [2.45, 2.75) is 23.9 Å². The summed E-state index contributed by atoms with van der Waals surface area (Å²) in [5, 5.41) is 11.6. The molecule has 2 fully saturated rings. The summed E-state index contributed by atoms with van der Waals surface area (Å²) in [5.41, 5.74) is 1.29. The van der Waals surface area contributed by atoms with Crippen LogP contribution in [-0.4, -0.2) is 58.1 Å². The van der Waals surface area contributed by atoms with Crippen molar-refractivity contribution < 1.29 is 24.2 Å². The van der Waals surface area contributed by atoms with Crippen molar-refractivity contribution in [2.24, 2.45) is 0 Å². The molecule has 2 N–H and O–H groups in total. The normalized spacial score (nSPS) is 25.0. The molecule has 0 radical (unpaired) electrons. The minimum absolute atomic E-state index is 0.139. The van der Waals surface area contributed by atoms with E-state index in [9.17, 15) is 19.5 Å². The summed E-state index contributed by atoms with van der Waals surface area (Å²) < 4.78 is 5.07. The predicted molar refractivity (Wildman–Crippen MR) is 92.3 cm³/mol. The van der Waals surface area contributed by atoms with Gasteiger partial charge in [0.25, 0.3) is 0 Å². The highest BCUT2D eigenvalue weighted by molar-refractivity contribution is 8.00. The van der Waals surface area contributed by atoms with Crippen LogP contribution >= 0.6 is 11.8 Å². The molecule has 2 saturated heterocycles. The topological polar surface area (TPSA) is 95.9 Å². The van der Waals surface area contributed by atoms with Gasteiger partial charge in [0.15, 0.2) is 6.04 Å². The molecule has 0 aromatic heterocycles. The summed E-state index contributed by atoms with van der Waals surface area (Å²) in [7, 11) is 1.57. The molecular formula is C17H18N2O5S. The van der Waals surface area contributed by atoms with E-state index in [1.807, 2.05) is 0 Å². The van der Waals surface area contributed by atoms with Gasteiger partial charge in [-0.2, -0.15) is 0 Å². The summed E-state index contributed by atoms with van der Waals surface area (Å²) in [5.74, 6) is -0.593. The average molecular weight is 362 g/mol. The van der Waals surface area contributed by atoms with Crippen LogP contribution in [-0.2, 0) is 20.8 Å². The number of carbonyl (C=O) groups is 3. The number of carboxylic acid groups (broad SMARTS) is 1. The molecule has 0 aliphatic carbocycles. The lowest BCUT2D eigenvalue weighted by Crippen LogP contribution is -2.74. The molecule has 3 atom stereocenters. The fraction of sp³-hybridized carbons (Fsp3) is 0.353. The quantitative estimate of drug-likeness (QED) is 0.590. The van der Waals surface area contributed by atoms with Gasteiger partial charge in [-0.25, -0.2) is 4.79 Å². The lowest BCUT2D eigenvalue weighted by atomic mass is 9.98. The number of aliphatic carboxylic acids is 1. The van der Waals surface area contributed by atoms with Crippen LogP contribution in [0.2, 0.25) is 0 Å². The van der Waals surface area contributed by atoms with E-state index >= 15 is 0 Å². The van der Waals surface area contributed by atoms with Crippen LogP contribution in [0.1, 0.15) is 5.56 Å². The van der Waals surface area contributed by atoms with Gasteiger partial charge in [-0.3, -0.25) is 9.59 Å². The largest absolute Gasteiger partial charge is 0.497 e. The summed E-state index contributed by atoms with van der Waals surface area (Å²) in [6.07, 6.45) is 0.139. The van der Waals surface area contributed by atoms with Gasteiger partial charge in [0.1, 0.15) is 17.2 Å². The Morgan fingerprint density at radius 2 is 2.08 bits per heavy atom. The molecule has 3 rings (SSSR count). The van der Waals surface area contributed by atoms with Crippen LogP contribution in [0.5, 0.6) is 5.75 Å². The van der Waals surface area contributed by atoms with Gasteiger partial charge < -0.3 is 20.1 Å². The van der Waals surface area contributed by atoms with Crippen LogP contribution in [0, 0.1) is 0 Å². The number of benzene rings is 1. The maximum absolute atomic E-state index is 12.3. The van der Waals surface area contributed by atoms with E-state index in [0.29, 0.717) is 17.1 Å². The predicted octanol–water partition coefficient (Wildman–Crippen LogP) is 0.647. The number of hydrogen-bond acceptors (Lipinski definition) is 5. The number of nitrogens with one attached hydrogen (secondary N) is 1. The third-order valence-corrected chi connectivity index (χ3v) is 5.64. The number of β-lactam (4-membered cyclic amide) rings is 1. The van der Waals surface area contributed by atoms with Crippen LogP contribution in [0.4, 0.5) is 0 Å². The molecule has 0 bridgehead atoms. The van der Waals surface area contributed by atoms with E-state index in [-0.39, 0.29) is 23.6 Å². The fourth-order valence-electron chi connectivity index (χ4n) is 2.99. The van der Waals surface area contributed by atoms with E-state index in [1.54, 1.807) is 31.4 Å². The summed E-state index contributed by atoms with van der Waals surface area (Å²) >= 11 is 1.42. The van der Waals surface area contributed by atoms with Crippen LogP contribution in [0.25, 0.3) is 0 Å². The molecule has 7 nitrogen and oxygen atoms in total. The van der Waals surface area contributed by atoms with Crippen molar-refractivity contribution in [3.63, 3.8) is 0 Å². The van der Waals surface area contributed by atoms with Crippen molar-refractivity contribution in [1.29, 1.82) is 0 Å². The van der Waals surface area contributed by atoms with Crippen molar-refractivity contribution >= 4 is 29.5 Å². The minimum atomic E-state index is -1.09. The number of fused-ring (bicyclic) bond motifs is 1. The maximum atomic E-state index is 12.3. The van der Waals surface area contributed by atoms with E-state index in [1.165, 1.54) is 16.7 Å². The molecule has 0 spiro atoms. The number of ether oxygens (including phenoxy) is 1. The summed E-state index contributed by atoms with van der Waals surface area (Å²) in [6, 6.07) is 5.40. The molecule has 2 unspecified atom stereocenters. The van der Waals surface area contributed by atoms with E-state index in [2.05, 4.69) is 11.9 Å². The van der Waals surface area contributed by atoms with Gasteiger partial charge >= 0.3 is 5.97 Å². The van der Waals surface area contributed by atoms with Gasteiger partial charge in [-0.15, -0.1) is 11.8 Å². The summed E-state index contributed by atoms with van der Waals surface area (Å²) in [4.78, 5) is 37.2. The Labute approximate surface area is 149 Å². The summed E-state index contributed by atoms with van der Waals surface area (Å²) in [6.45, 7) is 3.73. The molecule has 132 valence electrons. The Bertz CT molecular complexity index is 733. The lowest BCUT2D eigenvalue weighted by Gasteiger charge is -2.52. The number of nitrogens with zero attached hydrogens (tertiary/aromatic N) is 1. The van der Waals surface area contributed by atoms with Crippen molar-refractivity contribution in [3.05, 3.63) is 42.0 Å². The zero-order valence-electron chi connectivity index (χ0n) is 13.6. The van der Waals surface area contributed by atoms with Gasteiger partial charge in [0, 0.05) is 5.75 Å². The van der Waals surface area contributed by atoms with E-state index in [4.69, 9.17) is 4.74 Å². The van der Waals surface area contributed by atoms with Gasteiger partial charge in [0.05, 0.1) is 13.5 Å². The first-order valence-electron chi connectivity index (χ1n) is 7.69. The Morgan fingerprint density at radius 3 is 2.68 bits per heavy atom. The molecule has 2 aliphatic rings. The maximum Gasteiger partial charge on any atom is 0.330 e. The van der Waals surface area contributed by atoms with Crippen molar-refractivity contribution in [2.75, 3.05) is 12.9 Å². The average Bonchev–Trinajstić information content (AvgIpc) is 2.59. The molecule has 2 aliphatic heterocycles. The number of carboxylic acids is 1. The van der Waals surface area contributed by atoms with Crippen LogP contribution in [0.15, 0.2) is 36.4 Å². The molecule has 2 amide bonds. The third kappa shape index (κ3) is 3.21. The second-order valence-corrected chi connectivity index (χ2v) is 7.02. The molecule has 2 heterocycles. The number of methoxy groups -OCH3 is 1. The first-order chi connectivity index (χ1) is 11.9. The second-order valence-electron chi connectivity index (χ2n) is 5.92. The zero-order chi connectivity index (χ0) is 18.1. The van der Waals surface area contributed by atoms with Gasteiger partial charge in [-0.1, -0.05) is 18.7 Å². The Kier molecular flexibility index (Phi) is 4.71. The first-order valence-corrected chi connectivity index (χ1v) is 8.74. The molecule has 8 heteroatoms. The smallest absolute Gasteiger partial charge is 0.330 e. The molecule has 1 aromatic carbocycles. The van der Waals surface area contributed by atoms with Crippen molar-refractivity contribution in [3.8, 4) is 5.75 Å². The molecule has 1 aromatic rings. The SMILES string of the molecule is C=C1CS[C@@H]2C(NC(=O)Cc3ccc(OC)cc3)C(=O)N2C1C(=O)O. The highest BCUT2D eigenvalue weighted by atomic mass is 32.2. The highest BCUT2D eigenvalue weighted by Gasteiger charge is 2.56. The van der Waals surface area contributed by atoms with Crippen molar-refractivity contribution in [1.82, 2.24) is 10.2 Å².